The SMILES string of the molecule is COC1(OC)OC=N[C@@H]1c1ccccc1. The van der Waals surface area contributed by atoms with Crippen molar-refractivity contribution in [3.8, 4) is 0 Å². The molecule has 1 aromatic rings. The summed E-state index contributed by atoms with van der Waals surface area (Å²) in [5.41, 5.74) is 0.995. The Kier molecular flexibility index (Phi) is 2.70. The molecule has 1 aromatic carbocycles. The third kappa shape index (κ3) is 1.62. The predicted molar refractivity (Wildman–Crippen MR) is 55.5 cm³/mol. The molecule has 1 heterocycles. The van der Waals surface area contributed by atoms with Gasteiger partial charge >= 0.3 is 5.97 Å². The largest absolute Gasteiger partial charge is 0.427 e. The van der Waals surface area contributed by atoms with E-state index in [0.717, 1.165) is 5.56 Å². The molecule has 80 valence electrons. The Labute approximate surface area is 88.5 Å². The summed E-state index contributed by atoms with van der Waals surface area (Å²) in [6, 6.07) is 9.48. The summed E-state index contributed by atoms with van der Waals surface area (Å²) in [4.78, 5) is 4.20. The van der Waals surface area contributed by atoms with Crippen LogP contribution in [0.3, 0.4) is 0 Å². The van der Waals surface area contributed by atoms with Gasteiger partial charge in [-0.15, -0.1) is 0 Å². The Balaban J connectivity index is 2.32. The number of hydrogen-bond donors (Lipinski definition) is 0. The molecule has 0 amide bonds. The van der Waals surface area contributed by atoms with Crippen LogP contribution in [0.2, 0.25) is 0 Å². The van der Waals surface area contributed by atoms with Gasteiger partial charge in [0.25, 0.3) is 0 Å². The van der Waals surface area contributed by atoms with E-state index in [2.05, 4.69) is 4.99 Å². The van der Waals surface area contributed by atoms with E-state index in [4.69, 9.17) is 14.2 Å². The lowest BCUT2D eigenvalue weighted by molar-refractivity contribution is -0.329. The zero-order valence-electron chi connectivity index (χ0n) is 8.71. The molecule has 0 aliphatic carbocycles. The minimum Gasteiger partial charge on any atom is -0.427 e. The van der Waals surface area contributed by atoms with E-state index in [1.54, 1.807) is 0 Å². The molecule has 4 nitrogen and oxygen atoms in total. The van der Waals surface area contributed by atoms with Gasteiger partial charge in [0.1, 0.15) is 0 Å². The number of hydrogen-bond acceptors (Lipinski definition) is 4. The molecule has 0 saturated heterocycles. The van der Waals surface area contributed by atoms with E-state index < -0.39 is 5.97 Å². The molecule has 4 heteroatoms. The topological polar surface area (TPSA) is 40.0 Å². The summed E-state index contributed by atoms with van der Waals surface area (Å²) in [7, 11) is 3.07. The van der Waals surface area contributed by atoms with E-state index in [1.807, 2.05) is 30.3 Å². The second-order valence-electron chi connectivity index (χ2n) is 3.20. The molecule has 2 rings (SSSR count). The molecule has 0 fully saturated rings. The van der Waals surface area contributed by atoms with Crippen molar-refractivity contribution >= 4 is 6.40 Å². The fourth-order valence-electron chi connectivity index (χ4n) is 1.65. The maximum absolute atomic E-state index is 5.27. The molecule has 1 aliphatic heterocycles. The lowest BCUT2D eigenvalue weighted by Crippen LogP contribution is -2.38. The summed E-state index contributed by atoms with van der Waals surface area (Å²) in [5.74, 6) is -1.12. The van der Waals surface area contributed by atoms with Gasteiger partial charge in [0, 0.05) is 14.2 Å². The van der Waals surface area contributed by atoms with Gasteiger partial charge in [-0.2, -0.15) is 0 Å². The molecule has 0 unspecified atom stereocenters. The van der Waals surface area contributed by atoms with Crippen molar-refractivity contribution in [2.45, 2.75) is 12.0 Å². The summed E-state index contributed by atoms with van der Waals surface area (Å²) >= 11 is 0. The smallest absolute Gasteiger partial charge is 0.355 e. The third-order valence-electron chi connectivity index (χ3n) is 2.45. The predicted octanol–water partition coefficient (Wildman–Crippen LogP) is 1.73. The number of aliphatic imine (C=N–C) groups is 1. The van der Waals surface area contributed by atoms with Crippen LogP contribution in [0.25, 0.3) is 0 Å². The second-order valence-corrected chi connectivity index (χ2v) is 3.20. The normalized spacial score (nSPS) is 22.7. The van der Waals surface area contributed by atoms with Gasteiger partial charge in [-0.05, 0) is 5.56 Å². The highest BCUT2D eigenvalue weighted by molar-refractivity contribution is 5.51. The van der Waals surface area contributed by atoms with Crippen molar-refractivity contribution in [3.63, 3.8) is 0 Å². The molecule has 0 aromatic heterocycles. The average Bonchev–Trinajstić information content (AvgIpc) is 2.74. The van der Waals surface area contributed by atoms with Crippen LogP contribution in [0.5, 0.6) is 0 Å². The molecule has 1 atom stereocenters. The quantitative estimate of drug-likeness (QED) is 0.709. The van der Waals surface area contributed by atoms with Crippen molar-refractivity contribution in [1.82, 2.24) is 0 Å². The first kappa shape index (κ1) is 10.1. The average molecular weight is 207 g/mol. The molecule has 0 spiro atoms. The van der Waals surface area contributed by atoms with E-state index in [0.29, 0.717) is 0 Å². The maximum Gasteiger partial charge on any atom is 0.355 e. The number of rotatable bonds is 3. The standard InChI is InChI=1S/C11H13NO3/c1-13-11(14-2)10(12-8-15-11)9-6-4-3-5-7-9/h3-8,10H,1-2H3/t10-/m1/s1. The Hall–Kier alpha value is -1.39. The van der Waals surface area contributed by atoms with Crippen molar-refractivity contribution in [3.05, 3.63) is 35.9 Å². The Morgan fingerprint density at radius 3 is 2.47 bits per heavy atom. The van der Waals surface area contributed by atoms with E-state index >= 15 is 0 Å². The first-order chi connectivity index (χ1) is 7.32. The van der Waals surface area contributed by atoms with Crippen LogP contribution >= 0.6 is 0 Å². The maximum atomic E-state index is 5.27. The fourth-order valence-corrected chi connectivity index (χ4v) is 1.65. The van der Waals surface area contributed by atoms with Crippen molar-refractivity contribution < 1.29 is 14.2 Å². The van der Waals surface area contributed by atoms with Crippen molar-refractivity contribution in [1.29, 1.82) is 0 Å². The van der Waals surface area contributed by atoms with Gasteiger partial charge in [0.15, 0.2) is 12.4 Å². The highest BCUT2D eigenvalue weighted by Crippen LogP contribution is 2.37. The van der Waals surface area contributed by atoms with Gasteiger partial charge in [0.05, 0.1) is 0 Å². The number of methoxy groups -OCH3 is 2. The first-order valence-electron chi connectivity index (χ1n) is 4.67. The van der Waals surface area contributed by atoms with Gasteiger partial charge in [-0.3, -0.25) is 0 Å². The van der Waals surface area contributed by atoms with Crippen LogP contribution < -0.4 is 0 Å². The summed E-state index contributed by atoms with van der Waals surface area (Å²) < 4.78 is 15.8. The summed E-state index contributed by atoms with van der Waals surface area (Å²) in [6.07, 6.45) is 1.37. The van der Waals surface area contributed by atoms with Crippen molar-refractivity contribution in [2.24, 2.45) is 4.99 Å². The van der Waals surface area contributed by atoms with Crippen LogP contribution in [-0.4, -0.2) is 26.6 Å². The Morgan fingerprint density at radius 2 is 1.87 bits per heavy atom. The minimum absolute atomic E-state index is 0.284. The van der Waals surface area contributed by atoms with E-state index in [1.165, 1.54) is 20.6 Å². The van der Waals surface area contributed by atoms with E-state index in [-0.39, 0.29) is 6.04 Å². The van der Waals surface area contributed by atoms with E-state index in [9.17, 15) is 0 Å². The van der Waals surface area contributed by atoms with Gasteiger partial charge in [-0.25, -0.2) is 4.99 Å². The fraction of sp³-hybridized carbons (Fsp3) is 0.364. The lowest BCUT2D eigenvalue weighted by atomic mass is 10.1. The van der Waals surface area contributed by atoms with Crippen LogP contribution in [0.15, 0.2) is 35.3 Å². The second kappa shape index (κ2) is 4.00. The molecule has 1 aliphatic rings. The monoisotopic (exact) mass is 207 g/mol. The molecule has 0 radical (unpaired) electrons. The van der Waals surface area contributed by atoms with Crippen LogP contribution in [0.4, 0.5) is 0 Å². The number of ether oxygens (including phenoxy) is 3. The minimum atomic E-state index is -1.12. The first-order valence-corrected chi connectivity index (χ1v) is 4.67. The molecule has 0 bridgehead atoms. The Bertz CT molecular complexity index is 346. The highest BCUT2D eigenvalue weighted by Gasteiger charge is 2.46. The van der Waals surface area contributed by atoms with Gasteiger partial charge in [0.2, 0.25) is 0 Å². The van der Waals surface area contributed by atoms with Crippen LogP contribution in [0, 0.1) is 0 Å². The summed E-state index contributed by atoms with van der Waals surface area (Å²) in [5, 5.41) is 0. The molecular weight excluding hydrogens is 194 g/mol. The number of benzene rings is 1. The Morgan fingerprint density at radius 1 is 1.20 bits per heavy atom. The molecule has 0 N–H and O–H groups in total. The van der Waals surface area contributed by atoms with Crippen LogP contribution in [-0.2, 0) is 14.2 Å². The molecule has 15 heavy (non-hydrogen) atoms. The molecular formula is C11H13NO3. The zero-order chi connectivity index (χ0) is 10.7. The highest BCUT2D eigenvalue weighted by atomic mass is 16.9. The van der Waals surface area contributed by atoms with Crippen molar-refractivity contribution in [2.75, 3.05) is 14.2 Å². The number of nitrogens with zero attached hydrogens (tertiary/aromatic N) is 1. The summed E-state index contributed by atoms with van der Waals surface area (Å²) in [6.45, 7) is 0. The zero-order valence-corrected chi connectivity index (χ0v) is 8.71. The molecule has 0 saturated carbocycles. The van der Waals surface area contributed by atoms with Gasteiger partial charge < -0.3 is 14.2 Å². The third-order valence-corrected chi connectivity index (χ3v) is 2.45. The van der Waals surface area contributed by atoms with Gasteiger partial charge in [-0.1, -0.05) is 30.3 Å². The van der Waals surface area contributed by atoms with Crippen LogP contribution in [0.1, 0.15) is 11.6 Å². The lowest BCUT2D eigenvalue weighted by Gasteiger charge is -2.29.